The van der Waals surface area contributed by atoms with Gasteiger partial charge in [-0.25, -0.2) is 0 Å². The average Bonchev–Trinajstić information content (AvgIpc) is 3.24. The first kappa shape index (κ1) is 13.3. The number of aromatic nitrogens is 2. The van der Waals surface area contributed by atoms with Crippen LogP contribution in [0.2, 0.25) is 0 Å². The van der Waals surface area contributed by atoms with Crippen molar-refractivity contribution in [1.82, 2.24) is 20.4 Å². The van der Waals surface area contributed by atoms with Gasteiger partial charge in [0, 0.05) is 26.2 Å². The maximum Gasteiger partial charge on any atom is 0.271 e. The summed E-state index contributed by atoms with van der Waals surface area (Å²) in [7, 11) is 1.59. The number of hydrogen-bond acceptors (Lipinski definition) is 5. The molecule has 0 radical (unpaired) electrons. The first-order chi connectivity index (χ1) is 9.76. The van der Waals surface area contributed by atoms with Gasteiger partial charge in [-0.1, -0.05) is 0 Å². The third-order valence-electron chi connectivity index (χ3n) is 4.08. The van der Waals surface area contributed by atoms with Gasteiger partial charge in [-0.2, -0.15) is 0 Å². The summed E-state index contributed by atoms with van der Waals surface area (Å²) in [5.74, 6) is 1.22. The van der Waals surface area contributed by atoms with Crippen molar-refractivity contribution in [3.05, 3.63) is 17.8 Å². The molecule has 2 heterocycles. The average molecular weight is 275 g/mol. The SMILES string of the molecule is CNC(=O)c1ccc(NCC2CCN(C3CC3)C2)nn1. The van der Waals surface area contributed by atoms with E-state index < -0.39 is 0 Å². The number of rotatable bonds is 5. The van der Waals surface area contributed by atoms with Gasteiger partial charge in [0.05, 0.1) is 0 Å². The lowest BCUT2D eigenvalue weighted by atomic mass is 10.1. The van der Waals surface area contributed by atoms with Crippen molar-refractivity contribution in [2.24, 2.45) is 5.92 Å². The largest absolute Gasteiger partial charge is 0.368 e. The fraction of sp³-hybridized carbons (Fsp3) is 0.643. The minimum atomic E-state index is -0.208. The lowest BCUT2D eigenvalue weighted by Gasteiger charge is -2.15. The summed E-state index contributed by atoms with van der Waals surface area (Å²) in [4.78, 5) is 14.0. The lowest BCUT2D eigenvalue weighted by molar-refractivity contribution is 0.0957. The Bertz CT molecular complexity index is 471. The van der Waals surface area contributed by atoms with E-state index in [1.54, 1.807) is 13.1 Å². The minimum Gasteiger partial charge on any atom is -0.368 e. The molecule has 3 rings (SSSR count). The van der Waals surface area contributed by atoms with Crippen molar-refractivity contribution in [3.8, 4) is 0 Å². The summed E-state index contributed by atoms with van der Waals surface area (Å²) in [5.41, 5.74) is 0.346. The van der Waals surface area contributed by atoms with E-state index in [-0.39, 0.29) is 5.91 Å². The van der Waals surface area contributed by atoms with E-state index in [0.717, 1.165) is 18.4 Å². The molecule has 2 N–H and O–H groups in total. The monoisotopic (exact) mass is 275 g/mol. The molecule has 1 aliphatic heterocycles. The number of hydrogen-bond donors (Lipinski definition) is 2. The van der Waals surface area contributed by atoms with Crippen LogP contribution < -0.4 is 10.6 Å². The van der Waals surface area contributed by atoms with Crippen LogP contribution in [-0.4, -0.2) is 53.7 Å². The van der Waals surface area contributed by atoms with E-state index in [2.05, 4.69) is 25.7 Å². The number of carbonyl (C=O) groups is 1. The van der Waals surface area contributed by atoms with Crippen LogP contribution in [0.5, 0.6) is 0 Å². The van der Waals surface area contributed by atoms with Crippen LogP contribution in [0.15, 0.2) is 12.1 Å². The Morgan fingerprint density at radius 2 is 2.20 bits per heavy atom. The Balaban J connectivity index is 1.47. The van der Waals surface area contributed by atoms with Crippen LogP contribution in [0.3, 0.4) is 0 Å². The van der Waals surface area contributed by atoms with E-state index >= 15 is 0 Å². The highest BCUT2D eigenvalue weighted by molar-refractivity contribution is 5.91. The third-order valence-corrected chi connectivity index (χ3v) is 4.08. The van der Waals surface area contributed by atoms with Gasteiger partial charge in [0.25, 0.3) is 5.91 Å². The summed E-state index contributed by atoms with van der Waals surface area (Å²) in [5, 5.41) is 13.8. The Hall–Kier alpha value is -1.69. The van der Waals surface area contributed by atoms with Crippen LogP contribution >= 0.6 is 0 Å². The highest BCUT2D eigenvalue weighted by atomic mass is 16.1. The number of carbonyl (C=O) groups excluding carboxylic acids is 1. The predicted molar refractivity (Wildman–Crippen MR) is 76.6 cm³/mol. The molecule has 1 amide bonds. The van der Waals surface area contributed by atoms with E-state index in [1.165, 1.54) is 32.4 Å². The molecule has 108 valence electrons. The van der Waals surface area contributed by atoms with Crippen LogP contribution in [0.1, 0.15) is 29.8 Å². The molecule has 20 heavy (non-hydrogen) atoms. The molecule has 0 aromatic carbocycles. The summed E-state index contributed by atoms with van der Waals surface area (Å²) < 4.78 is 0. The molecule has 2 fully saturated rings. The highest BCUT2D eigenvalue weighted by Crippen LogP contribution is 2.31. The highest BCUT2D eigenvalue weighted by Gasteiger charge is 2.34. The Morgan fingerprint density at radius 3 is 2.85 bits per heavy atom. The second-order valence-electron chi connectivity index (χ2n) is 5.64. The summed E-state index contributed by atoms with van der Waals surface area (Å²) in [6.07, 6.45) is 4.02. The second-order valence-corrected chi connectivity index (χ2v) is 5.64. The maximum absolute atomic E-state index is 11.4. The second kappa shape index (κ2) is 5.75. The Labute approximate surface area is 118 Å². The Kier molecular flexibility index (Phi) is 3.82. The normalized spacial score (nSPS) is 22.8. The van der Waals surface area contributed by atoms with Crippen molar-refractivity contribution in [2.45, 2.75) is 25.3 Å². The molecule has 1 aromatic rings. The smallest absolute Gasteiger partial charge is 0.271 e. The van der Waals surface area contributed by atoms with Gasteiger partial charge in [0.2, 0.25) is 0 Å². The number of nitrogens with one attached hydrogen (secondary N) is 2. The molecule has 0 bridgehead atoms. The zero-order chi connectivity index (χ0) is 13.9. The lowest BCUT2D eigenvalue weighted by Crippen LogP contribution is -2.25. The van der Waals surface area contributed by atoms with Crippen molar-refractivity contribution < 1.29 is 4.79 Å². The minimum absolute atomic E-state index is 0.208. The van der Waals surface area contributed by atoms with Gasteiger partial charge in [-0.05, 0) is 43.9 Å². The predicted octanol–water partition coefficient (Wildman–Crippen LogP) is 0.732. The molecule has 1 atom stereocenters. The molecule has 0 spiro atoms. The van der Waals surface area contributed by atoms with E-state index in [0.29, 0.717) is 11.6 Å². The first-order valence-corrected chi connectivity index (χ1v) is 7.30. The molecule has 2 aliphatic rings. The maximum atomic E-state index is 11.4. The topological polar surface area (TPSA) is 70.2 Å². The summed E-state index contributed by atoms with van der Waals surface area (Å²) in [6.45, 7) is 3.36. The van der Waals surface area contributed by atoms with Crippen molar-refractivity contribution >= 4 is 11.7 Å². The zero-order valence-electron chi connectivity index (χ0n) is 11.8. The van der Waals surface area contributed by atoms with Crippen molar-refractivity contribution in [2.75, 3.05) is 32.0 Å². The van der Waals surface area contributed by atoms with Gasteiger partial charge in [-0.3, -0.25) is 4.79 Å². The molecular weight excluding hydrogens is 254 g/mol. The van der Waals surface area contributed by atoms with Crippen molar-refractivity contribution in [3.63, 3.8) is 0 Å². The first-order valence-electron chi connectivity index (χ1n) is 7.30. The summed E-state index contributed by atoms with van der Waals surface area (Å²) >= 11 is 0. The number of amides is 1. The standard InChI is InChI=1S/C14H21N5O/c1-15-14(20)12-4-5-13(18-17-12)16-8-10-6-7-19(9-10)11-2-3-11/h4-5,10-11H,2-3,6-9H2,1H3,(H,15,20)(H,16,18). The Morgan fingerprint density at radius 1 is 1.35 bits per heavy atom. The van der Waals surface area contributed by atoms with Crippen molar-refractivity contribution in [1.29, 1.82) is 0 Å². The van der Waals surface area contributed by atoms with Gasteiger partial charge < -0.3 is 15.5 Å². The van der Waals surface area contributed by atoms with Gasteiger partial charge in [-0.15, -0.1) is 10.2 Å². The molecule has 1 saturated carbocycles. The zero-order valence-corrected chi connectivity index (χ0v) is 11.8. The number of likely N-dealkylation sites (tertiary alicyclic amines) is 1. The van der Waals surface area contributed by atoms with E-state index in [1.807, 2.05) is 6.07 Å². The molecule has 1 saturated heterocycles. The van der Waals surface area contributed by atoms with Crippen LogP contribution in [0, 0.1) is 5.92 Å². The van der Waals surface area contributed by atoms with Crippen LogP contribution in [-0.2, 0) is 0 Å². The number of anilines is 1. The molecule has 6 nitrogen and oxygen atoms in total. The summed E-state index contributed by atoms with van der Waals surface area (Å²) in [6, 6.07) is 4.37. The van der Waals surface area contributed by atoms with Gasteiger partial charge >= 0.3 is 0 Å². The molecule has 1 aliphatic carbocycles. The molecule has 6 heteroatoms. The third kappa shape index (κ3) is 3.07. The van der Waals surface area contributed by atoms with E-state index in [4.69, 9.17) is 0 Å². The fourth-order valence-electron chi connectivity index (χ4n) is 2.73. The van der Waals surface area contributed by atoms with Gasteiger partial charge in [0.1, 0.15) is 5.82 Å². The fourth-order valence-corrected chi connectivity index (χ4v) is 2.73. The van der Waals surface area contributed by atoms with Gasteiger partial charge in [0.15, 0.2) is 5.69 Å². The quantitative estimate of drug-likeness (QED) is 0.829. The molecular formula is C14H21N5O. The van der Waals surface area contributed by atoms with Crippen LogP contribution in [0.25, 0.3) is 0 Å². The van der Waals surface area contributed by atoms with E-state index in [9.17, 15) is 4.79 Å². The van der Waals surface area contributed by atoms with Crippen LogP contribution in [0.4, 0.5) is 5.82 Å². The molecule has 1 aromatic heterocycles. The molecule has 1 unspecified atom stereocenters. The number of nitrogens with zero attached hydrogens (tertiary/aromatic N) is 3.